The van der Waals surface area contributed by atoms with Crippen molar-refractivity contribution >= 4 is 33.9 Å². The number of piperidine rings is 1. The number of hydrogen-bond donors (Lipinski definition) is 1. The van der Waals surface area contributed by atoms with Crippen LogP contribution in [0, 0.1) is 13.8 Å². The molecule has 41 heavy (non-hydrogen) atoms. The molecule has 0 atom stereocenters. The Kier molecular flexibility index (Phi) is 6.54. The van der Waals surface area contributed by atoms with Gasteiger partial charge in [-0.15, -0.1) is 0 Å². The standard InChI is InChI=1S/C34H37N5O2/c1-22-18-25(19-23(2)35-22)27-6-4-8-29-28(27)7-5-9-30(29)36-34(40)39-15-10-24-20-33(41-3)32(21-31(24)39)38-17-16-37-13-11-26(38)12-14-37/h4-9,18-21,26H,10-17H2,1-3H3,(H,36,40). The lowest BCUT2D eigenvalue weighted by Crippen LogP contribution is -2.38. The number of carbonyl (C=O) groups excluding carboxylic acids is 1. The number of benzene rings is 3. The first-order chi connectivity index (χ1) is 20.0. The number of ether oxygens (including phenoxy) is 1. The number of anilines is 3. The average Bonchev–Trinajstić information content (AvgIpc) is 3.15. The number of nitrogens with one attached hydrogen (secondary N) is 1. The highest BCUT2D eigenvalue weighted by Gasteiger charge is 2.33. The first kappa shape index (κ1) is 25.8. The van der Waals surface area contributed by atoms with E-state index in [4.69, 9.17) is 4.74 Å². The predicted molar refractivity (Wildman–Crippen MR) is 167 cm³/mol. The first-order valence-electron chi connectivity index (χ1n) is 14.7. The van der Waals surface area contributed by atoms with Crippen LogP contribution in [0.4, 0.5) is 21.9 Å². The molecule has 3 saturated heterocycles. The fourth-order valence-corrected chi connectivity index (χ4v) is 7.05. The van der Waals surface area contributed by atoms with Crippen molar-refractivity contribution in [2.75, 3.05) is 55.0 Å². The number of methoxy groups -OCH3 is 1. The summed E-state index contributed by atoms with van der Waals surface area (Å²) < 4.78 is 5.89. The molecule has 0 spiro atoms. The summed E-state index contributed by atoms with van der Waals surface area (Å²) in [7, 11) is 1.76. The van der Waals surface area contributed by atoms with E-state index in [9.17, 15) is 4.79 Å². The fourth-order valence-electron chi connectivity index (χ4n) is 7.05. The van der Waals surface area contributed by atoms with Crippen LogP contribution < -0.4 is 19.9 Å². The van der Waals surface area contributed by atoms with E-state index in [1.807, 2.05) is 30.9 Å². The lowest BCUT2D eigenvalue weighted by Gasteiger charge is -2.34. The van der Waals surface area contributed by atoms with Crippen molar-refractivity contribution in [3.05, 3.63) is 77.6 Å². The minimum atomic E-state index is -0.101. The zero-order valence-corrected chi connectivity index (χ0v) is 24.1. The quantitative estimate of drug-likeness (QED) is 0.320. The lowest BCUT2D eigenvalue weighted by molar-refractivity contribution is 0.250. The second-order valence-electron chi connectivity index (χ2n) is 11.6. The Morgan fingerprint density at radius 2 is 1.63 bits per heavy atom. The lowest BCUT2D eigenvalue weighted by atomic mass is 9.97. The summed E-state index contributed by atoms with van der Waals surface area (Å²) in [5.74, 6) is 0.912. The molecular weight excluding hydrogens is 510 g/mol. The minimum Gasteiger partial charge on any atom is -0.495 e. The third kappa shape index (κ3) is 4.68. The van der Waals surface area contributed by atoms with Gasteiger partial charge in [-0.2, -0.15) is 0 Å². The SMILES string of the molecule is COc1cc2c(cc1N1CCN3CCC1CC3)N(C(=O)Nc1cccc3c(-c4cc(C)nc(C)c4)cccc13)CC2. The van der Waals surface area contributed by atoms with Crippen LogP contribution in [-0.2, 0) is 6.42 Å². The van der Waals surface area contributed by atoms with Crippen LogP contribution in [0.15, 0.2) is 60.7 Å². The molecule has 3 fully saturated rings. The molecule has 7 heteroatoms. The molecule has 2 amide bonds. The molecular formula is C34H37N5O2. The summed E-state index contributed by atoms with van der Waals surface area (Å²) in [6.07, 6.45) is 3.16. The highest BCUT2D eigenvalue weighted by Crippen LogP contribution is 2.42. The predicted octanol–water partition coefficient (Wildman–Crippen LogP) is 6.41. The van der Waals surface area contributed by atoms with Crippen LogP contribution >= 0.6 is 0 Å². The molecule has 5 heterocycles. The van der Waals surface area contributed by atoms with E-state index < -0.39 is 0 Å². The van der Waals surface area contributed by atoms with Crippen molar-refractivity contribution in [3.63, 3.8) is 0 Å². The third-order valence-corrected chi connectivity index (χ3v) is 9.04. The third-order valence-electron chi connectivity index (χ3n) is 9.04. The summed E-state index contributed by atoms with van der Waals surface area (Å²) in [5, 5.41) is 5.39. The number of fused-ring (bicyclic) bond motifs is 6. The molecule has 1 aromatic heterocycles. The molecule has 2 bridgehead atoms. The molecule has 8 rings (SSSR count). The molecule has 4 aliphatic rings. The van der Waals surface area contributed by atoms with Gasteiger partial charge in [-0.25, -0.2) is 4.79 Å². The molecule has 210 valence electrons. The van der Waals surface area contributed by atoms with Crippen LogP contribution in [0.2, 0.25) is 0 Å². The van der Waals surface area contributed by atoms with Crippen molar-refractivity contribution in [2.45, 2.75) is 39.2 Å². The minimum absolute atomic E-state index is 0.101. The molecule has 3 aromatic carbocycles. The second-order valence-corrected chi connectivity index (χ2v) is 11.6. The van der Waals surface area contributed by atoms with Gasteiger partial charge in [0.2, 0.25) is 0 Å². The summed E-state index contributed by atoms with van der Waals surface area (Å²) in [5.41, 5.74) is 8.34. The number of amides is 2. The average molecular weight is 548 g/mol. The van der Waals surface area contributed by atoms with E-state index in [1.165, 1.54) is 12.8 Å². The monoisotopic (exact) mass is 547 g/mol. The number of rotatable bonds is 4. The Morgan fingerprint density at radius 3 is 2.41 bits per heavy atom. The van der Waals surface area contributed by atoms with Gasteiger partial charge in [0.1, 0.15) is 5.75 Å². The topological polar surface area (TPSA) is 60.9 Å². The molecule has 0 saturated carbocycles. The Hall–Kier alpha value is -4.10. The number of nitrogens with zero attached hydrogens (tertiary/aromatic N) is 4. The number of hydrogen-bond acceptors (Lipinski definition) is 5. The number of carbonyl (C=O) groups is 1. The summed E-state index contributed by atoms with van der Waals surface area (Å²) in [6, 6.07) is 21.4. The number of aromatic nitrogens is 1. The number of aryl methyl sites for hydroxylation is 2. The van der Waals surface area contributed by atoms with Gasteiger partial charge in [0, 0.05) is 55.5 Å². The van der Waals surface area contributed by atoms with Gasteiger partial charge in [0.25, 0.3) is 0 Å². The van der Waals surface area contributed by atoms with Crippen molar-refractivity contribution in [1.29, 1.82) is 0 Å². The molecule has 0 aliphatic carbocycles. The van der Waals surface area contributed by atoms with Gasteiger partial charge >= 0.3 is 6.03 Å². The number of urea groups is 1. The van der Waals surface area contributed by atoms with E-state index in [-0.39, 0.29) is 6.03 Å². The maximum atomic E-state index is 13.8. The summed E-state index contributed by atoms with van der Waals surface area (Å²) in [6.45, 7) is 9.08. The maximum absolute atomic E-state index is 13.8. The first-order valence-corrected chi connectivity index (χ1v) is 14.7. The second kappa shape index (κ2) is 10.4. The van der Waals surface area contributed by atoms with Crippen LogP contribution in [0.1, 0.15) is 29.8 Å². The molecule has 0 radical (unpaired) electrons. The molecule has 4 aromatic rings. The molecule has 0 unspecified atom stereocenters. The van der Waals surface area contributed by atoms with Gasteiger partial charge < -0.3 is 19.9 Å². The molecule has 7 nitrogen and oxygen atoms in total. The van der Waals surface area contributed by atoms with Gasteiger partial charge in [0.05, 0.1) is 24.2 Å². The number of pyridine rings is 1. The summed E-state index contributed by atoms with van der Waals surface area (Å²) >= 11 is 0. The van der Waals surface area contributed by atoms with Crippen molar-refractivity contribution in [2.24, 2.45) is 0 Å². The van der Waals surface area contributed by atoms with Crippen molar-refractivity contribution in [1.82, 2.24) is 9.88 Å². The van der Waals surface area contributed by atoms with Gasteiger partial charge in [0.15, 0.2) is 0 Å². The van der Waals surface area contributed by atoms with Crippen molar-refractivity contribution in [3.8, 4) is 16.9 Å². The largest absolute Gasteiger partial charge is 0.495 e. The van der Waals surface area contributed by atoms with Crippen LogP contribution in [0.25, 0.3) is 21.9 Å². The van der Waals surface area contributed by atoms with E-state index in [0.29, 0.717) is 12.6 Å². The zero-order valence-electron chi connectivity index (χ0n) is 24.1. The van der Waals surface area contributed by atoms with Gasteiger partial charge in [-0.05, 0) is 85.5 Å². The zero-order chi connectivity index (χ0) is 28.1. The van der Waals surface area contributed by atoms with Crippen LogP contribution in [0.3, 0.4) is 0 Å². The van der Waals surface area contributed by atoms with E-state index in [2.05, 4.69) is 68.6 Å². The Balaban J connectivity index is 1.21. The van der Waals surface area contributed by atoms with Crippen LogP contribution in [-0.4, -0.2) is 61.8 Å². The Labute approximate surface area is 241 Å². The Bertz CT molecular complexity index is 1620. The fraction of sp³-hybridized carbons (Fsp3) is 0.353. The molecule has 4 aliphatic heterocycles. The smallest absolute Gasteiger partial charge is 0.326 e. The maximum Gasteiger partial charge on any atom is 0.326 e. The highest BCUT2D eigenvalue weighted by molar-refractivity contribution is 6.10. The van der Waals surface area contributed by atoms with Crippen LogP contribution in [0.5, 0.6) is 5.75 Å². The molecule has 1 N–H and O–H groups in total. The summed E-state index contributed by atoms with van der Waals surface area (Å²) in [4.78, 5) is 25.4. The normalized spacial score (nSPS) is 19.8. The van der Waals surface area contributed by atoms with E-state index in [0.717, 1.165) is 94.3 Å². The van der Waals surface area contributed by atoms with Gasteiger partial charge in [-0.3, -0.25) is 9.88 Å². The van der Waals surface area contributed by atoms with Crippen molar-refractivity contribution < 1.29 is 9.53 Å². The van der Waals surface area contributed by atoms with E-state index in [1.54, 1.807) is 7.11 Å². The van der Waals surface area contributed by atoms with Gasteiger partial charge in [-0.1, -0.05) is 30.3 Å². The Morgan fingerprint density at radius 1 is 0.878 bits per heavy atom. The highest BCUT2D eigenvalue weighted by atomic mass is 16.5. The van der Waals surface area contributed by atoms with E-state index >= 15 is 0 Å².